The Kier molecular flexibility index (Phi) is 8.85. The number of benzene rings is 1. The first-order chi connectivity index (χ1) is 10.3. The van der Waals surface area contributed by atoms with Crippen molar-refractivity contribution in [2.75, 3.05) is 18.9 Å². The molecule has 0 aliphatic heterocycles. The quantitative estimate of drug-likeness (QED) is 0.343. The molecule has 1 aromatic carbocycles. The predicted molar refractivity (Wildman–Crippen MR) is 89.9 cm³/mol. The van der Waals surface area contributed by atoms with Crippen LogP contribution in [-0.2, 0) is 0 Å². The molecule has 3 heteroatoms. The Morgan fingerprint density at radius 2 is 1.33 bits per heavy atom. The summed E-state index contributed by atoms with van der Waals surface area (Å²) in [6, 6.07) is 5.68. The van der Waals surface area contributed by atoms with Crippen molar-refractivity contribution in [3.8, 4) is 11.5 Å². The number of rotatable bonds is 12. The first-order valence-electron chi connectivity index (χ1n) is 7.65. The SMILES string of the molecule is C=CCCCCOc1cccc(OCCCCC=C)c1N. The number of allylic oxidation sites excluding steroid dienone is 2. The predicted octanol–water partition coefficient (Wildman–Crippen LogP) is 4.74. The Bertz CT molecular complexity index is 393. The average molecular weight is 289 g/mol. The minimum Gasteiger partial charge on any atom is -0.491 e. The van der Waals surface area contributed by atoms with Crippen LogP contribution in [0.4, 0.5) is 5.69 Å². The summed E-state index contributed by atoms with van der Waals surface area (Å²) in [4.78, 5) is 0. The monoisotopic (exact) mass is 289 g/mol. The van der Waals surface area contributed by atoms with Gasteiger partial charge in [-0.1, -0.05) is 18.2 Å². The van der Waals surface area contributed by atoms with Gasteiger partial charge in [-0.25, -0.2) is 0 Å². The highest BCUT2D eigenvalue weighted by Gasteiger charge is 2.06. The van der Waals surface area contributed by atoms with E-state index in [2.05, 4.69) is 13.2 Å². The lowest BCUT2D eigenvalue weighted by molar-refractivity contribution is 0.295. The number of hydrogen-bond donors (Lipinski definition) is 1. The molecule has 0 heterocycles. The molecule has 0 saturated heterocycles. The summed E-state index contributed by atoms with van der Waals surface area (Å²) >= 11 is 0. The third-order valence-corrected chi connectivity index (χ3v) is 3.15. The first-order valence-corrected chi connectivity index (χ1v) is 7.65. The maximum Gasteiger partial charge on any atom is 0.146 e. The number of hydrogen-bond acceptors (Lipinski definition) is 3. The summed E-state index contributed by atoms with van der Waals surface area (Å²) in [5.74, 6) is 1.41. The van der Waals surface area contributed by atoms with Crippen LogP contribution in [0.2, 0.25) is 0 Å². The van der Waals surface area contributed by atoms with Crippen LogP contribution in [-0.4, -0.2) is 13.2 Å². The van der Waals surface area contributed by atoms with E-state index < -0.39 is 0 Å². The highest BCUT2D eigenvalue weighted by atomic mass is 16.5. The zero-order valence-electron chi connectivity index (χ0n) is 12.9. The summed E-state index contributed by atoms with van der Waals surface area (Å²) in [6.45, 7) is 8.75. The molecule has 0 aliphatic rings. The van der Waals surface area contributed by atoms with Gasteiger partial charge in [0.1, 0.15) is 17.2 Å². The van der Waals surface area contributed by atoms with Crippen LogP contribution in [0.5, 0.6) is 11.5 Å². The maximum absolute atomic E-state index is 6.08. The fourth-order valence-corrected chi connectivity index (χ4v) is 1.92. The van der Waals surface area contributed by atoms with Gasteiger partial charge >= 0.3 is 0 Å². The Balaban J connectivity index is 2.38. The Morgan fingerprint density at radius 3 is 1.76 bits per heavy atom. The molecule has 0 atom stereocenters. The van der Waals surface area contributed by atoms with E-state index in [1.165, 1.54) is 0 Å². The molecule has 0 unspecified atom stereocenters. The normalized spacial score (nSPS) is 10.1. The molecule has 0 radical (unpaired) electrons. The molecule has 0 saturated carbocycles. The summed E-state index contributed by atoms with van der Waals surface area (Å²) in [5, 5.41) is 0. The van der Waals surface area contributed by atoms with Crippen LogP contribution in [0.3, 0.4) is 0 Å². The third-order valence-electron chi connectivity index (χ3n) is 3.15. The second kappa shape index (κ2) is 10.8. The van der Waals surface area contributed by atoms with Crippen LogP contribution in [0.15, 0.2) is 43.5 Å². The van der Waals surface area contributed by atoms with Crippen LogP contribution in [0.1, 0.15) is 38.5 Å². The van der Waals surface area contributed by atoms with Gasteiger partial charge in [0.25, 0.3) is 0 Å². The second-order valence-corrected chi connectivity index (χ2v) is 4.93. The second-order valence-electron chi connectivity index (χ2n) is 4.93. The van der Waals surface area contributed by atoms with Gasteiger partial charge in [0.15, 0.2) is 0 Å². The lowest BCUT2D eigenvalue weighted by Gasteiger charge is -2.13. The standard InChI is InChI=1S/C18H27NO2/c1-3-5-7-9-14-20-16-12-11-13-17(18(16)19)21-15-10-8-6-4-2/h3-4,11-13H,1-2,5-10,14-15,19H2. The molecule has 21 heavy (non-hydrogen) atoms. The summed E-state index contributed by atoms with van der Waals surface area (Å²) < 4.78 is 11.4. The number of nitrogen functional groups attached to an aromatic ring is 1. The summed E-state index contributed by atoms with van der Waals surface area (Å²) in [7, 11) is 0. The van der Waals surface area contributed by atoms with Crippen molar-refractivity contribution in [1.29, 1.82) is 0 Å². The molecule has 1 aromatic rings. The van der Waals surface area contributed by atoms with E-state index in [1.807, 2.05) is 30.4 Å². The average Bonchev–Trinajstić information content (AvgIpc) is 2.50. The minimum atomic E-state index is 0.588. The van der Waals surface area contributed by atoms with Crippen molar-refractivity contribution in [1.82, 2.24) is 0 Å². The molecule has 1 rings (SSSR count). The molecule has 3 nitrogen and oxygen atoms in total. The Morgan fingerprint density at radius 1 is 0.857 bits per heavy atom. The minimum absolute atomic E-state index is 0.588. The first kappa shape index (κ1) is 17.2. The molecule has 0 bridgehead atoms. The van der Waals surface area contributed by atoms with Crippen LogP contribution >= 0.6 is 0 Å². The molecule has 0 spiro atoms. The highest BCUT2D eigenvalue weighted by Crippen LogP contribution is 2.31. The van der Waals surface area contributed by atoms with Gasteiger partial charge in [-0.2, -0.15) is 0 Å². The van der Waals surface area contributed by atoms with E-state index in [-0.39, 0.29) is 0 Å². The van der Waals surface area contributed by atoms with Crippen molar-refractivity contribution in [3.63, 3.8) is 0 Å². The van der Waals surface area contributed by atoms with Gasteiger partial charge in [-0.15, -0.1) is 13.2 Å². The van der Waals surface area contributed by atoms with Gasteiger partial charge in [0.05, 0.1) is 13.2 Å². The van der Waals surface area contributed by atoms with Gasteiger partial charge < -0.3 is 15.2 Å². The molecule has 0 amide bonds. The van der Waals surface area contributed by atoms with E-state index in [9.17, 15) is 0 Å². The summed E-state index contributed by atoms with van der Waals surface area (Å²) in [5.41, 5.74) is 6.67. The Hall–Kier alpha value is -1.90. The van der Waals surface area contributed by atoms with Gasteiger partial charge in [0, 0.05) is 0 Å². The largest absolute Gasteiger partial charge is 0.491 e. The van der Waals surface area contributed by atoms with Gasteiger partial charge in [-0.3, -0.25) is 0 Å². The van der Waals surface area contributed by atoms with Gasteiger partial charge in [0.2, 0.25) is 0 Å². The molecule has 116 valence electrons. The van der Waals surface area contributed by atoms with Crippen molar-refractivity contribution in [3.05, 3.63) is 43.5 Å². The van der Waals surface area contributed by atoms with Crippen molar-refractivity contribution >= 4 is 5.69 Å². The van der Waals surface area contributed by atoms with E-state index in [4.69, 9.17) is 15.2 Å². The number of unbranched alkanes of at least 4 members (excludes halogenated alkanes) is 4. The Labute approximate surface area is 128 Å². The third kappa shape index (κ3) is 6.89. The topological polar surface area (TPSA) is 44.5 Å². The number of anilines is 1. The zero-order chi connectivity index (χ0) is 15.3. The molecule has 0 aliphatic carbocycles. The molecule has 0 aromatic heterocycles. The smallest absolute Gasteiger partial charge is 0.146 e. The highest BCUT2D eigenvalue weighted by molar-refractivity contribution is 5.62. The lowest BCUT2D eigenvalue weighted by atomic mass is 10.2. The fourth-order valence-electron chi connectivity index (χ4n) is 1.92. The fraction of sp³-hybridized carbons (Fsp3) is 0.444. The number of ether oxygens (including phenoxy) is 2. The van der Waals surface area contributed by atoms with Crippen molar-refractivity contribution < 1.29 is 9.47 Å². The van der Waals surface area contributed by atoms with Crippen LogP contribution in [0, 0.1) is 0 Å². The maximum atomic E-state index is 6.08. The lowest BCUT2D eigenvalue weighted by Crippen LogP contribution is -2.04. The van der Waals surface area contributed by atoms with E-state index >= 15 is 0 Å². The molecular formula is C18H27NO2. The molecular weight excluding hydrogens is 262 g/mol. The number of para-hydroxylation sites is 1. The van der Waals surface area contributed by atoms with Gasteiger partial charge in [-0.05, 0) is 50.7 Å². The van der Waals surface area contributed by atoms with Crippen molar-refractivity contribution in [2.24, 2.45) is 0 Å². The van der Waals surface area contributed by atoms with E-state index in [0.29, 0.717) is 30.4 Å². The molecule has 0 fully saturated rings. The zero-order valence-corrected chi connectivity index (χ0v) is 12.9. The number of nitrogens with two attached hydrogens (primary N) is 1. The summed E-state index contributed by atoms with van der Waals surface area (Å²) in [6.07, 6.45) is 10.1. The van der Waals surface area contributed by atoms with E-state index in [0.717, 1.165) is 38.5 Å². The molecule has 2 N–H and O–H groups in total. The van der Waals surface area contributed by atoms with E-state index in [1.54, 1.807) is 0 Å². The van der Waals surface area contributed by atoms with Crippen LogP contribution in [0.25, 0.3) is 0 Å². The van der Waals surface area contributed by atoms with Crippen LogP contribution < -0.4 is 15.2 Å². The van der Waals surface area contributed by atoms with Crippen molar-refractivity contribution in [2.45, 2.75) is 38.5 Å².